The molecule has 1 saturated carbocycles. The minimum atomic E-state index is -0.495. The molecule has 0 unspecified atom stereocenters. The molecule has 1 aromatic heterocycles. The average molecular weight is 354 g/mol. The molecule has 5 heteroatoms. The third kappa shape index (κ3) is 3.87. The first-order valence-electron chi connectivity index (χ1n) is 9.30. The standard InChI is InChI=1S/C21H26N2O3/c1-13-8-4-6-10-17(13)23-19(24)12-26-21(25)20-14(2)16-9-5-7-11-18(16)22-15(20)3/h5,7,9,11,13,17H,4,6,8,10,12H2,1-3H3,(H,23,24)/t13-,17+/m1/s1. The summed E-state index contributed by atoms with van der Waals surface area (Å²) in [6.45, 7) is 5.58. The number of nitrogens with one attached hydrogen (secondary N) is 1. The summed E-state index contributed by atoms with van der Waals surface area (Å²) in [5, 5.41) is 3.92. The van der Waals surface area contributed by atoms with Crippen LogP contribution in [0.15, 0.2) is 24.3 Å². The Kier molecular flexibility index (Phi) is 5.55. The Hall–Kier alpha value is -2.43. The van der Waals surface area contributed by atoms with Crippen LogP contribution >= 0.6 is 0 Å². The van der Waals surface area contributed by atoms with Gasteiger partial charge in [-0.05, 0) is 44.2 Å². The molecule has 0 aliphatic heterocycles. The third-order valence-electron chi connectivity index (χ3n) is 5.33. The van der Waals surface area contributed by atoms with Crippen molar-refractivity contribution in [1.82, 2.24) is 10.3 Å². The van der Waals surface area contributed by atoms with Gasteiger partial charge in [0, 0.05) is 11.4 Å². The highest BCUT2D eigenvalue weighted by atomic mass is 16.5. The van der Waals surface area contributed by atoms with E-state index >= 15 is 0 Å². The molecule has 1 aliphatic carbocycles. The van der Waals surface area contributed by atoms with Gasteiger partial charge in [0.1, 0.15) is 0 Å². The van der Waals surface area contributed by atoms with Crippen molar-refractivity contribution in [3.05, 3.63) is 41.1 Å². The van der Waals surface area contributed by atoms with Crippen LogP contribution in [-0.4, -0.2) is 29.5 Å². The molecule has 2 aromatic rings. The van der Waals surface area contributed by atoms with Crippen LogP contribution in [0, 0.1) is 19.8 Å². The Morgan fingerprint density at radius 2 is 1.92 bits per heavy atom. The number of hydrogen-bond acceptors (Lipinski definition) is 4. The normalized spacial score (nSPS) is 20.0. The zero-order valence-electron chi connectivity index (χ0n) is 15.7. The van der Waals surface area contributed by atoms with Gasteiger partial charge in [-0.25, -0.2) is 4.79 Å². The number of benzene rings is 1. The molecule has 138 valence electrons. The Labute approximate surface area is 154 Å². The van der Waals surface area contributed by atoms with Crippen molar-refractivity contribution < 1.29 is 14.3 Å². The van der Waals surface area contributed by atoms with Gasteiger partial charge in [-0.15, -0.1) is 0 Å². The lowest BCUT2D eigenvalue weighted by Gasteiger charge is -2.29. The molecular formula is C21H26N2O3. The second kappa shape index (κ2) is 7.85. The quantitative estimate of drug-likeness (QED) is 0.850. The van der Waals surface area contributed by atoms with Crippen LogP contribution in [0.2, 0.25) is 0 Å². The minimum Gasteiger partial charge on any atom is -0.452 e. The van der Waals surface area contributed by atoms with Crippen molar-refractivity contribution >= 4 is 22.8 Å². The molecule has 26 heavy (non-hydrogen) atoms. The van der Waals surface area contributed by atoms with Gasteiger partial charge < -0.3 is 10.1 Å². The van der Waals surface area contributed by atoms with Crippen molar-refractivity contribution in [3.63, 3.8) is 0 Å². The monoisotopic (exact) mass is 354 g/mol. The number of esters is 1. The number of aryl methyl sites for hydroxylation is 2. The van der Waals surface area contributed by atoms with Gasteiger partial charge in [-0.2, -0.15) is 0 Å². The molecule has 0 radical (unpaired) electrons. The molecule has 1 fully saturated rings. The van der Waals surface area contributed by atoms with Crippen LogP contribution in [-0.2, 0) is 9.53 Å². The highest BCUT2D eigenvalue weighted by Crippen LogP contribution is 2.24. The predicted molar refractivity (Wildman–Crippen MR) is 101 cm³/mol. The number of amides is 1. The average Bonchev–Trinajstić information content (AvgIpc) is 2.62. The van der Waals surface area contributed by atoms with Crippen LogP contribution < -0.4 is 5.32 Å². The minimum absolute atomic E-state index is 0.181. The maximum Gasteiger partial charge on any atom is 0.340 e. The first-order valence-corrected chi connectivity index (χ1v) is 9.30. The maximum atomic E-state index is 12.5. The smallest absolute Gasteiger partial charge is 0.340 e. The van der Waals surface area contributed by atoms with Crippen LogP contribution in [0.1, 0.15) is 54.2 Å². The van der Waals surface area contributed by atoms with Crippen LogP contribution in [0.5, 0.6) is 0 Å². The molecule has 5 nitrogen and oxygen atoms in total. The van der Waals surface area contributed by atoms with Gasteiger partial charge in [0.05, 0.1) is 16.8 Å². The van der Waals surface area contributed by atoms with E-state index in [4.69, 9.17) is 4.74 Å². The number of fused-ring (bicyclic) bond motifs is 1. The van der Waals surface area contributed by atoms with E-state index in [1.165, 1.54) is 6.42 Å². The van der Waals surface area contributed by atoms with E-state index < -0.39 is 5.97 Å². The number of ether oxygens (including phenoxy) is 1. The van der Waals surface area contributed by atoms with Crippen LogP contribution in [0.4, 0.5) is 0 Å². The molecule has 1 N–H and O–H groups in total. The molecule has 3 rings (SSSR count). The van der Waals surface area contributed by atoms with E-state index in [9.17, 15) is 9.59 Å². The molecule has 1 aromatic carbocycles. The summed E-state index contributed by atoms with van der Waals surface area (Å²) < 4.78 is 5.29. The van der Waals surface area contributed by atoms with Gasteiger partial charge in [-0.1, -0.05) is 38.0 Å². The van der Waals surface area contributed by atoms with Crippen molar-refractivity contribution in [2.75, 3.05) is 6.61 Å². The van der Waals surface area contributed by atoms with Gasteiger partial charge >= 0.3 is 5.97 Å². The zero-order valence-corrected chi connectivity index (χ0v) is 15.7. The fourth-order valence-electron chi connectivity index (χ4n) is 3.81. The number of rotatable bonds is 4. The highest BCUT2D eigenvalue weighted by molar-refractivity contribution is 5.99. The van der Waals surface area contributed by atoms with Gasteiger partial charge in [0.2, 0.25) is 0 Å². The predicted octanol–water partition coefficient (Wildman–Crippen LogP) is 3.70. The fourth-order valence-corrected chi connectivity index (χ4v) is 3.81. The van der Waals surface area contributed by atoms with Crippen molar-refractivity contribution in [3.8, 4) is 0 Å². The van der Waals surface area contributed by atoms with E-state index in [0.29, 0.717) is 17.2 Å². The summed E-state index contributed by atoms with van der Waals surface area (Å²) in [6, 6.07) is 7.87. The van der Waals surface area contributed by atoms with Crippen molar-refractivity contribution in [2.45, 2.75) is 52.5 Å². The SMILES string of the molecule is Cc1nc2ccccc2c(C)c1C(=O)OCC(=O)N[C@H]1CCCC[C@H]1C. The van der Waals surface area contributed by atoms with E-state index in [1.807, 2.05) is 31.2 Å². The van der Waals surface area contributed by atoms with Crippen molar-refractivity contribution in [1.29, 1.82) is 0 Å². The Morgan fingerprint density at radius 1 is 1.19 bits per heavy atom. The van der Waals surface area contributed by atoms with E-state index in [0.717, 1.165) is 35.7 Å². The van der Waals surface area contributed by atoms with E-state index in [1.54, 1.807) is 6.92 Å². The lowest BCUT2D eigenvalue weighted by atomic mass is 9.86. The van der Waals surface area contributed by atoms with Gasteiger partial charge in [0.15, 0.2) is 6.61 Å². The number of carbonyl (C=O) groups excluding carboxylic acids is 2. The third-order valence-corrected chi connectivity index (χ3v) is 5.33. The maximum absolute atomic E-state index is 12.5. The summed E-state index contributed by atoms with van der Waals surface area (Å²) in [5.41, 5.74) is 2.75. The molecule has 2 atom stereocenters. The summed E-state index contributed by atoms with van der Waals surface area (Å²) in [5.74, 6) is -0.260. The second-order valence-corrected chi connectivity index (χ2v) is 7.23. The second-order valence-electron chi connectivity index (χ2n) is 7.23. The highest BCUT2D eigenvalue weighted by Gasteiger charge is 2.24. The van der Waals surface area contributed by atoms with Gasteiger partial charge in [-0.3, -0.25) is 9.78 Å². The first-order chi connectivity index (χ1) is 12.5. The largest absolute Gasteiger partial charge is 0.452 e. The zero-order chi connectivity index (χ0) is 18.7. The molecular weight excluding hydrogens is 328 g/mol. The summed E-state index contributed by atoms with van der Waals surface area (Å²) in [4.78, 5) is 29.2. The summed E-state index contributed by atoms with van der Waals surface area (Å²) in [6.07, 6.45) is 4.48. The Bertz CT molecular complexity index is 831. The number of para-hydroxylation sites is 1. The van der Waals surface area contributed by atoms with Crippen molar-refractivity contribution in [2.24, 2.45) is 5.92 Å². The molecule has 1 heterocycles. The topological polar surface area (TPSA) is 68.3 Å². The lowest BCUT2D eigenvalue weighted by Crippen LogP contribution is -2.42. The molecule has 1 amide bonds. The first kappa shape index (κ1) is 18.4. The van der Waals surface area contributed by atoms with Crippen LogP contribution in [0.25, 0.3) is 10.9 Å². The molecule has 0 spiro atoms. The number of carbonyl (C=O) groups is 2. The van der Waals surface area contributed by atoms with E-state index in [2.05, 4.69) is 17.2 Å². The Balaban J connectivity index is 1.66. The van der Waals surface area contributed by atoms with Gasteiger partial charge in [0.25, 0.3) is 5.91 Å². The summed E-state index contributed by atoms with van der Waals surface area (Å²) >= 11 is 0. The lowest BCUT2D eigenvalue weighted by molar-refractivity contribution is -0.125. The number of hydrogen-bond donors (Lipinski definition) is 1. The fraction of sp³-hybridized carbons (Fsp3) is 0.476. The van der Waals surface area contributed by atoms with E-state index in [-0.39, 0.29) is 18.6 Å². The number of nitrogens with zero attached hydrogens (tertiary/aromatic N) is 1. The number of aromatic nitrogens is 1. The van der Waals surface area contributed by atoms with Crippen LogP contribution in [0.3, 0.4) is 0 Å². The number of pyridine rings is 1. The molecule has 0 saturated heterocycles. The summed E-state index contributed by atoms with van der Waals surface area (Å²) in [7, 11) is 0. The molecule has 0 bridgehead atoms. The molecule has 1 aliphatic rings. The Morgan fingerprint density at radius 3 is 2.69 bits per heavy atom.